The maximum atomic E-state index is 13.1. The summed E-state index contributed by atoms with van der Waals surface area (Å²) in [5, 5.41) is 0. The van der Waals surface area contributed by atoms with Gasteiger partial charge in [-0.25, -0.2) is 17.5 Å². The Morgan fingerprint density at radius 1 is 1.00 bits per heavy atom. The lowest BCUT2D eigenvalue weighted by Crippen LogP contribution is -2.52. The molecule has 1 amide bonds. The minimum atomic E-state index is -3.78. The van der Waals surface area contributed by atoms with Crippen LogP contribution in [-0.4, -0.2) is 65.2 Å². The third-order valence-corrected chi connectivity index (χ3v) is 7.87. The Morgan fingerprint density at radius 2 is 1.68 bits per heavy atom. The first-order chi connectivity index (χ1) is 18.3. The van der Waals surface area contributed by atoms with Crippen LogP contribution in [0.3, 0.4) is 0 Å². The van der Waals surface area contributed by atoms with Gasteiger partial charge in [0.2, 0.25) is 10.0 Å². The Kier molecular flexibility index (Phi) is 8.85. The van der Waals surface area contributed by atoms with E-state index in [9.17, 15) is 17.6 Å². The largest absolute Gasteiger partial charge is 0.495 e. The SMILES string of the molecule is COc1ccc(S(=O)(=O)NCCc2ccc(F)cc2)cc1N1CCN(C(=O)[C@H](C)Oc2ccccc2)CC1. The van der Waals surface area contributed by atoms with E-state index < -0.39 is 16.1 Å². The summed E-state index contributed by atoms with van der Waals surface area (Å²) in [4.78, 5) is 16.8. The zero-order valence-electron chi connectivity index (χ0n) is 21.5. The fourth-order valence-corrected chi connectivity index (χ4v) is 5.38. The van der Waals surface area contributed by atoms with Gasteiger partial charge < -0.3 is 19.3 Å². The minimum absolute atomic E-state index is 0.0952. The standard InChI is InChI=1S/C28H32FN3O5S/c1-21(37-24-6-4-3-5-7-24)28(33)32-18-16-31(17-19-32)26-20-25(12-13-27(26)36-2)38(34,35)30-15-14-22-8-10-23(29)11-9-22/h3-13,20-21,30H,14-19H2,1-2H3/t21-/m0/s1. The van der Waals surface area contributed by atoms with Gasteiger partial charge in [0, 0.05) is 32.7 Å². The molecule has 1 atom stereocenters. The summed E-state index contributed by atoms with van der Waals surface area (Å²) in [6.07, 6.45) is -0.182. The molecule has 38 heavy (non-hydrogen) atoms. The molecule has 3 aromatic rings. The van der Waals surface area contributed by atoms with Crippen LogP contribution in [0.15, 0.2) is 77.7 Å². The summed E-state index contributed by atoms with van der Waals surface area (Å²) >= 11 is 0. The number of nitrogens with zero attached hydrogens (tertiary/aromatic N) is 2. The minimum Gasteiger partial charge on any atom is -0.495 e. The Hall–Kier alpha value is -3.63. The first-order valence-corrected chi connectivity index (χ1v) is 13.9. The Morgan fingerprint density at radius 3 is 2.34 bits per heavy atom. The number of methoxy groups -OCH3 is 1. The van der Waals surface area contributed by atoms with E-state index in [1.54, 1.807) is 36.1 Å². The average molecular weight is 542 g/mol. The number of halogens is 1. The van der Waals surface area contributed by atoms with Crippen molar-refractivity contribution in [3.63, 3.8) is 0 Å². The van der Waals surface area contributed by atoms with E-state index in [0.29, 0.717) is 49.8 Å². The maximum absolute atomic E-state index is 13.1. The van der Waals surface area contributed by atoms with Crippen molar-refractivity contribution in [2.24, 2.45) is 0 Å². The second-order valence-corrected chi connectivity index (χ2v) is 10.8. The number of nitrogens with one attached hydrogen (secondary N) is 1. The van der Waals surface area contributed by atoms with Crippen molar-refractivity contribution < 1.29 is 27.1 Å². The lowest BCUT2D eigenvalue weighted by Gasteiger charge is -2.37. The smallest absolute Gasteiger partial charge is 0.263 e. The highest BCUT2D eigenvalue weighted by Crippen LogP contribution is 2.32. The Labute approximate surface area is 223 Å². The monoisotopic (exact) mass is 541 g/mol. The molecule has 10 heteroatoms. The van der Waals surface area contributed by atoms with Crippen LogP contribution in [0.1, 0.15) is 12.5 Å². The predicted octanol–water partition coefficient (Wildman–Crippen LogP) is 3.47. The normalized spacial score (nSPS) is 14.7. The van der Waals surface area contributed by atoms with Gasteiger partial charge in [-0.15, -0.1) is 0 Å². The number of ether oxygens (including phenoxy) is 2. The number of hydrogen-bond donors (Lipinski definition) is 1. The summed E-state index contributed by atoms with van der Waals surface area (Å²) in [6, 6.07) is 19.9. The first-order valence-electron chi connectivity index (χ1n) is 12.4. The predicted molar refractivity (Wildman–Crippen MR) is 144 cm³/mol. The molecule has 1 N–H and O–H groups in total. The zero-order chi connectivity index (χ0) is 27.1. The molecular formula is C28H32FN3O5S. The number of benzene rings is 3. The average Bonchev–Trinajstić information content (AvgIpc) is 2.94. The number of hydrogen-bond acceptors (Lipinski definition) is 6. The molecule has 1 heterocycles. The van der Waals surface area contributed by atoms with Gasteiger partial charge in [0.1, 0.15) is 17.3 Å². The number of carbonyl (C=O) groups excluding carboxylic acids is 1. The van der Waals surface area contributed by atoms with Crippen LogP contribution in [0.2, 0.25) is 0 Å². The molecule has 0 unspecified atom stereocenters. The van der Waals surface area contributed by atoms with Gasteiger partial charge in [-0.1, -0.05) is 30.3 Å². The third kappa shape index (κ3) is 6.81. The molecule has 1 saturated heterocycles. The molecule has 3 aromatic carbocycles. The quantitative estimate of drug-likeness (QED) is 0.423. The summed E-state index contributed by atoms with van der Waals surface area (Å²) in [5.74, 6) is 0.763. The van der Waals surface area contributed by atoms with Crippen LogP contribution in [0.25, 0.3) is 0 Å². The van der Waals surface area contributed by atoms with E-state index in [1.807, 2.05) is 35.2 Å². The molecular weight excluding hydrogens is 509 g/mol. The topological polar surface area (TPSA) is 88.2 Å². The molecule has 1 aliphatic heterocycles. The van der Waals surface area contributed by atoms with Crippen molar-refractivity contribution in [2.75, 3.05) is 44.7 Å². The second-order valence-electron chi connectivity index (χ2n) is 8.99. The molecule has 0 radical (unpaired) electrons. The second kappa shape index (κ2) is 12.3. The van der Waals surface area contributed by atoms with Gasteiger partial charge in [0.25, 0.3) is 5.91 Å². The molecule has 1 aliphatic rings. The number of rotatable bonds is 10. The molecule has 0 saturated carbocycles. The number of para-hydroxylation sites is 1. The van der Waals surface area contributed by atoms with Crippen LogP contribution in [-0.2, 0) is 21.2 Å². The number of sulfonamides is 1. The van der Waals surface area contributed by atoms with Gasteiger partial charge in [-0.3, -0.25) is 4.79 Å². The van der Waals surface area contributed by atoms with Crippen molar-refractivity contribution in [1.82, 2.24) is 9.62 Å². The van der Waals surface area contributed by atoms with Gasteiger partial charge in [0.05, 0.1) is 17.7 Å². The van der Waals surface area contributed by atoms with Crippen LogP contribution in [0.4, 0.5) is 10.1 Å². The maximum Gasteiger partial charge on any atom is 0.263 e. The highest BCUT2D eigenvalue weighted by molar-refractivity contribution is 7.89. The van der Waals surface area contributed by atoms with E-state index >= 15 is 0 Å². The molecule has 202 valence electrons. The van der Waals surface area contributed by atoms with Crippen molar-refractivity contribution in [3.05, 3.63) is 84.2 Å². The molecule has 0 aliphatic carbocycles. The number of carbonyl (C=O) groups is 1. The molecule has 1 fully saturated rings. The van der Waals surface area contributed by atoms with E-state index in [1.165, 1.54) is 25.3 Å². The van der Waals surface area contributed by atoms with Gasteiger partial charge >= 0.3 is 0 Å². The lowest BCUT2D eigenvalue weighted by molar-refractivity contribution is -0.138. The fourth-order valence-electron chi connectivity index (χ4n) is 4.33. The van der Waals surface area contributed by atoms with Crippen molar-refractivity contribution in [2.45, 2.75) is 24.3 Å². The van der Waals surface area contributed by atoms with Crippen LogP contribution in [0, 0.1) is 5.82 Å². The molecule has 8 nitrogen and oxygen atoms in total. The Balaban J connectivity index is 1.38. The van der Waals surface area contributed by atoms with E-state index in [-0.39, 0.29) is 23.2 Å². The summed E-state index contributed by atoms with van der Waals surface area (Å²) < 4.78 is 53.0. The molecule has 0 aromatic heterocycles. The zero-order valence-corrected chi connectivity index (χ0v) is 22.3. The number of amides is 1. The van der Waals surface area contributed by atoms with Gasteiger partial charge in [-0.2, -0.15) is 0 Å². The summed E-state index contributed by atoms with van der Waals surface area (Å²) in [7, 11) is -2.24. The fraction of sp³-hybridized carbons (Fsp3) is 0.321. The summed E-state index contributed by atoms with van der Waals surface area (Å²) in [5.41, 5.74) is 1.48. The highest BCUT2D eigenvalue weighted by Gasteiger charge is 2.28. The van der Waals surface area contributed by atoms with Crippen molar-refractivity contribution in [3.8, 4) is 11.5 Å². The van der Waals surface area contributed by atoms with Crippen LogP contribution in [0.5, 0.6) is 11.5 Å². The van der Waals surface area contributed by atoms with Crippen molar-refractivity contribution in [1.29, 1.82) is 0 Å². The van der Waals surface area contributed by atoms with E-state index in [0.717, 1.165) is 5.56 Å². The molecule has 0 spiro atoms. The molecule has 0 bridgehead atoms. The molecule has 4 rings (SSSR count). The first kappa shape index (κ1) is 27.4. The van der Waals surface area contributed by atoms with Crippen LogP contribution >= 0.6 is 0 Å². The van der Waals surface area contributed by atoms with Gasteiger partial charge in [0.15, 0.2) is 6.10 Å². The number of piperazine rings is 1. The van der Waals surface area contributed by atoms with E-state index in [2.05, 4.69) is 4.72 Å². The van der Waals surface area contributed by atoms with E-state index in [4.69, 9.17) is 9.47 Å². The van der Waals surface area contributed by atoms with Crippen molar-refractivity contribution >= 4 is 21.6 Å². The Bertz CT molecular complexity index is 1330. The highest BCUT2D eigenvalue weighted by atomic mass is 32.2. The third-order valence-electron chi connectivity index (χ3n) is 6.42. The summed E-state index contributed by atoms with van der Waals surface area (Å²) in [6.45, 7) is 3.89. The lowest BCUT2D eigenvalue weighted by atomic mass is 10.1. The van der Waals surface area contributed by atoms with Gasteiger partial charge in [-0.05, 0) is 61.4 Å². The van der Waals surface area contributed by atoms with Crippen LogP contribution < -0.4 is 19.1 Å². The number of anilines is 1.